The molecule has 0 radical (unpaired) electrons. The Labute approximate surface area is 147 Å². The zero-order chi connectivity index (χ0) is 18.3. The Morgan fingerprint density at radius 2 is 1.81 bits per heavy atom. The molecule has 134 valence electrons. The van der Waals surface area contributed by atoms with E-state index in [-0.39, 0.29) is 5.92 Å². The van der Waals surface area contributed by atoms with Crippen LogP contribution in [0.15, 0.2) is 36.7 Å². The standard InChI is InChI=1S/C18H16F2N4O2/c19-13-7-12(8-14(20)9-13)15-10-16-17(21-3-6-24(16)22-15)23-4-1-11(2-5-23)18(25)26/h3,6-11H,1-2,4-5H2,(H,25,26). The van der Waals surface area contributed by atoms with Gasteiger partial charge >= 0.3 is 5.97 Å². The first-order valence-corrected chi connectivity index (χ1v) is 8.30. The molecule has 3 heterocycles. The van der Waals surface area contributed by atoms with E-state index in [1.165, 1.54) is 12.1 Å². The summed E-state index contributed by atoms with van der Waals surface area (Å²) in [5, 5.41) is 13.5. The van der Waals surface area contributed by atoms with Gasteiger partial charge < -0.3 is 10.0 Å². The molecule has 1 aliphatic rings. The zero-order valence-electron chi connectivity index (χ0n) is 13.8. The van der Waals surface area contributed by atoms with Crippen LogP contribution in [-0.2, 0) is 4.79 Å². The highest BCUT2D eigenvalue weighted by molar-refractivity contribution is 5.76. The summed E-state index contributed by atoms with van der Waals surface area (Å²) in [6.45, 7) is 1.16. The second kappa shape index (κ2) is 6.36. The first kappa shape index (κ1) is 16.4. The topological polar surface area (TPSA) is 70.7 Å². The minimum absolute atomic E-state index is 0.332. The summed E-state index contributed by atoms with van der Waals surface area (Å²) in [7, 11) is 0. The minimum atomic E-state index is -0.768. The van der Waals surface area contributed by atoms with Crippen LogP contribution in [0.4, 0.5) is 14.6 Å². The van der Waals surface area contributed by atoms with Crippen molar-refractivity contribution in [3.05, 3.63) is 48.3 Å². The number of fused-ring (bicyclic) bond motifs is 1. The number of carboxylic acids is 1. The van der Waals surface area contributed by atoms with Crippen molar-refractivity contribution in [1.29, 1.82) is 0 Å². The summed E-state index contributed by atoms with van der Waals surface area (Å²) >= 11 is 0. The lowest BCUT2D eigenvalue weighted by atomic mass is 9.97. The Morgan fingerprint density at radius 3 is 2.46 bits per heavy atom. The molecular weight excluding hydrogens is 342 g/mol. The van der Waals surface area contributed by atoms with Crippen molar-refractivity contribution in [2.75, 3.05) is 18.0 Å². The Hall–Kier alpha value is -3.03. The number of halogens is 2. The monoisotopic (exact) mass is 358 g/mol. The van der Waals surface area contributed by atoms with Gasteiger partial charge in [-0.1, -0.05) is 0 Å². The number of nitrogens with zero attached hydrogens (tertiary/aromatic N) is 4. The maximum Gasteiger partial charge on any atom is 0.306 e. The van der Waals surface area contributed by atoms with Crippen LogP contribution >= 0.6 is 0 Å². The summed E-state index contributed by atoms with van der Waals surface area (Å²) in [4.78, 5) is 17.5. The molecule has 6 nitrogen and oxygen atoms in total. The normalized spacial score (nSPS) is 15.5. The fourth-order valence-corrected chi connectivity index (χ4v) is 3.33. The predicted octanol–water partition coefficient (Wildman–Crippen LogP) is 2.98. The van der Waals surface area contributed by atoms with E-state index in [2.05, 4.69) is 10.1 Å². The van der Waals surface area contributed by atoms with E-state index in [9.17, 15) is 13.6 Å². The average Bonchev–Trinajstić information content (AvgIpc) is 3.05. The predicted molar refractivity (Wildman–Crippen MR) is 90.9 cm³/mol. The summed E-state index contributed by atoms with van der Waals surface area (Å²) in [5.41, 5.74) is 1.50. The first-order valence-electron chi connectivity index (χ1n) is 8.30. The number of piperidine rings is 1. The van der Waals surface area contributed by atoms with Gasteiger partial charge in [-0.15, -0.1) is 0 Å². The number of carbonyl (C=O) groups is 1. The smallest absolute Gasteiger partial charge is 0.306 e. The number of anilines is 1. The molecule has 1 saturated heterocycles. The summed E-state index contributed by atoms with van der Waals surface area (Å²) < 4.78 is 28.6. The van der Waals surface area contributed by atoms with Gasteiger partial charge in [0, 0.05) is 37.1 Å². The number of rotatable bonds is 3. The van der Waals surface area contributed by atoms with Crippen LogP contribution < -0.4 is 4.90 Å². The van der Waals surface area contributed by atoms with Gasteiger partial charge in [-0.05, 0) is 31.0 Å². The van der Waals surface area contributed by atoms with Crippen LogP contribution in [0.1, 0.15) is 12.8 Å². The van der Waals surface area contributed by atoms with E-state index >= 15 is 0 Å². The van der Waals surface area contributed by atoms with Crippen molar-refractivity contribution in [3.8, 4) is 11.3 Å². The van der Waals surface area contributed by atoms with Gasteiger partial charge in [-0.3, -0.25) is 4.79 Å². The molecule has 2 aromatic heterocycles. The molecule has 0 spiro atoms. The molecular formula is C18H16F2N4O2. The lowest BCUT2D eigenvalue weighted by molar-refractivity contribution is -0.142. The minimum Gasteiger partial charge on any atom is -0.481 e. The Morgan fingerprint density at radius 1 is 1.12 bits per heavy atom. The maximum absolute atomic E-state index is 13.5. The number of hydrogen-bond acceptors (Lipinski definition) is 4. The SMILES string of the molecule is O=C(O)C1CCN(c2nccn3nc(-c4cc(F)cc(F)c4)cc23)CC1. The van der Waals surface area contributed by atoms with Gasteiger partial charge in [0.1, 0.15) is 17.2 Å². The lowest BCUT2D eigenvalue weighted by Gasteiger charge is -2.31. The molecule has 0 unspecified atom stereocenters. The molecule has 1 fully saturated rings. The van der Waals surface area contributed by atoms with Crippen LogP contribution in [0, 0.1) is 17.6 Å². The first-order chi connectivity index (χ1) is 12.5. The third-order valence-corrected chi connectivity index (χ3v) is 4.67. The quantitative estimate of drug-likeness (QED) is 0.779. The molecule has 1 aliphatic heterocycles. The van der Waals surface area contributed by atoms with Crippen LogP contribution in [0.3, 0.4) is 0 Å². The fraction of sp³-hybridized carbons (Fsp3) is 0.278. The van der Waals surface area contributed by atoms with Crippen molar-refractivity contribution < 1.29 is 18.7 Å². The molecule has 1 N–H and O–H groups in total. The molecule has 0 atom stereocenters. The number of benzene rings is 1. The highest BCUT2D eigenvalue weighted by Gasteiger charge is 2.26. The molecule has 3 aromatic rings. The second-order valence-electron chi connectivity index (χ2n) is 6.37. The Bertz CT molecular complexity index is 960. The summed E-state index contributed by atoms with van der Waals surface area (Å²) in [5.74, 6) is -1.73. The number of aliphatic carboxylic acids is 1. The van der Waals surface area contributed by atoms with E-state index in [1.807, 2.05) is 4.90 Å². The van der Waals surface area contributed by atoms with Gasteiger partial charge in [0.2, 0.25) is 0 Å². The molecule has 0 bridgehead atoms. The van der Waals surface area contributed by atoms with Gasteiger partial charge in [0.05, 0.1) is 11.6 Å². The molecule has 8 heteroatoms. The van der Waals surface area contributed by atoms with Crippen LogP contribution in [-0.4, -0.2) is 38.8 Å². The maximum atomic E-state index is 13.5. The van der Waals surface area contributed by atoms with Crippen LogP contribution in [0.25, 0.3) is 16.8 Å². The molecule has 0 aliphatic carbocycles. The van der Waals surface area contributed by atoms with Crippen molar-refractivity contribution in [3.63, 3.8) is 0 Å². The Balaban J connectivity index is 1.69. The van der Waals surface area contributed by atoms with Gasteiger partial charge in [-0.25, -0.2) is 18.3 Å². The van der Waals surface area contributed by atoms with Gasteiger partial charge in [-0.2, -0.15) is 5.10 Å². The highest BCUT2D eigenvalue weighted by atomic mass is 19.1. The Kier molecular flexibility index (Phi) is 4.02. The molecule has 1 aromatic carbocycles. The van der Waals surface area contributed by atoms with E-state index < -0.39 is 17.6 Å². The van der Waals surface area contributed by atoms with Crippen LogP contribution in [0.2, 0.25) is 0 Å². The third-order valence-electron chi connectivity index (χ3n) is 4.67. The van der Waals surface area contributed by atoms with Crippen molar-refractivity contribution in [2.45, 2.75) is 12.8 Å². The third kappa shape index (κ3) is 2.98. The molecule has 0 amide bonds. The van der Waals surface area contributed by atoms with Crippen molar-refractivity contribution in [2.24, 2.45) is 5.92 Å². The molecule has 26 heavy (non-hydrogen) atoms. The summed E-state index contributed by atoms with van der Waals surface area (Å²) in [6, 6.07) is 5.02. The molecule has 4 rings (SSSR count). The number of hydrogen-bond donors (Lipinski definition) is 1. The van der Waals surface area contributed by atoms with E-state index in [0.717, 1.165) is 6.07 Å². The number of carboxylic acid groups (broad SMARTS) is 1. The van der Waals surface area contributed by atoms with Gasteiger partial charge in [0.25, 0.3) is 0 Å². The second-order valence-corrected chi connectivity index (χ2v) is 6.37. The average molecular weight is 358 g/mol. The highest BCUT2D eigenvalue weighted by Crippen LogP contribution is 2.28. The van der Waals surface area contributed by atoms with Crippen LogP contribution in [0.5, 0.6) is 0 Å². The lowest BCUT2D eigenvalue weighted by Crippen LogP contribution is -2.37. The van der Waals surface area contributed by atoms with Gasteiger partial charge in [0.15, 0.2) is 5.82 Å². The van der Waals surface area contributed by atoms with E-state index in [1.54, 1.807) is 23.0 Å². The molecule has 0 saturated carbocycles. The number of aromatic nitrogens is 3. The zero-order valence-corrected chi connectivity index (χ0v) is 13.8. The summed E-state index contributed by atoms with van der Waals surface area (Å²) in [6.07, 6.45) is 4.37. The van der Waals surface area contributed by atoms with Crippen molar-refractivity contribution in [1.82, 2.24) is 14.6 Å². The van der Waals surface area contributed by atoms with E-state index in [4.69, 9.17) is 5.11 Å². The fourth-order valence-electron chi connectivity index (χ4n) is 3.33. The largest absolute Gasteiger partial charge is 0.481 e. The van der Waals surface area contributed by atoms with E-state index in [0.29, 0.717) is 48.5 Å². The van der Waals surface area contributed by atoms with Crippen molar-refractivity contribution >= 4 is 17.3 Å².